The highest BCUT2D eigenvalue weighted by molar-refractivity contribution is 7.98. The first-order chi connectivity index (χ1) is 13.0. The number of nitrogens with one attached hydrogen (secondary N) is 1. The van der Waals surface area contributed by atoms with Crippen LogP contribution >= 0.6 is 11.8 Å². The quantitative estimate of drug-likeness (QED) is 0.430. The molecule has 7 nitrogen and oxygen atoms in total. The SMILES string of the molecule is C=CC(=O)N1CC(N2CCN(C(=O)CNc3cc(SC)ccc3O)CC2)C1. The molecule has 8 heteroatoms. The van der Waals surface area contributed by atoms with E-state index in [0.29, 0.717) is 24.8 Å². The lowest BCUT2D eigenvalue weighted by Crippen LogP contribution is -2.64. The number of phenolic OH excluding ortho intramolecular Hbond substituents is 1. The third kappa shape index (κ3) is 4.56. The first kappa shape index (κ1) is 19.6. The van der Waals surface area contributed by atoms with Crippen molar-refractivity contribution >= 4 is 29.3 Å². The molecule has 2 N–H and O–H groups in total. The van der Waals surface area contributed by atoms with Gasteiger partial charge in [-0.1, -0.05) is 6.58 Å². The van der Waals surface area contributed by atoms with Crippen molar-refractivity contribution in [2.45, 2.75) is 10.9 Å². The Morgan fingerprint density at radius 1 is 1.26 bits per heavy atom. The summed E-state index contributed by atoms with van der Waals surface area (Å²) in [5.41, 5.74) is 0.579. The van der Waals surface area contributed by atoms with E-state index in [-0.39, 0.29) is 24.1 Å². The van der Waals surface area contributed by atoms with Crippen LogP contribution in [0.15, 0.2) is 35.7 Å². The van der Waals surface area contributed by atoms with Gasteiger partial charge in [0.15, 0.2) is 0 Å². The van der Waals surface area contributed by atoms with Crippen LogP contribution in [-0.2, 0) is 9.59 Å². The Balaban J connectivity index is 1.43. The number of nitrogens with zero attached hydrogens (tertiary/aromatic N) is 3. The first-order valence-corrected chi connectivity index (χ1v) is 10.3. The zero-order chi connectivity index (χ0) is 19.4. The van der Waals surface area contributed by atoms with E-state index in [1.807, 2.05) is 23.3 Å². The van der Waals surface area contributed by atoms with E-state index in [1.165, 1.54) is 6.08 Å². The summed E-state index contributed by atoms with van der Waals surface area (Å²) in [5, 5.41) is 13.0. The van der Waals surface area contributed by atoms with E-state index in [1.54, 1.807) is 22.7 Å². The number of phenols is 1. The molecule has 1 aromatic rings. The van der Waals surface area contributed by atoms with Gasteiger partial charge in [-0.2, -0.15) is 0 Å². The fourth-order valence-electron chi connectivity index (χ4n) is 3.40. The number of amides is 2. The number of carbonyl (C=O) groups excluding carboxylic acids is 2. The van der Waals surface area contributed by atoms with Crippen LogP contribution < -0.4 is 5.32 Å². The van der Waals surface area contributed by atoms with Gasteiger partial charge >= 0.3 is 0 Å². The maximum Gasteiger partial charge on any atom is 0.246 e. The highest BCUT2D eigenvalue weighted by Crippen LogP contribution is 2.28. The molecule has 0 spiro atoms. The van der Waals surface area contributed by atoms with Crippen molar-refractivity contribution in [1.82, 2.24) is 14.7 Å². The zero-order valence-electron chi connectivity index (χ0n) is 15.6. The number of hydrogen-bond donors (Lipinski definition) is 2. The second kappa shape index (κ2) is 8.67. The number of aromatic hydroxyl groups is 1. The highest BCUT2D eigenvalue weighted by atomic mass is 32.2. The molecule has 27 heavy (non-hydrogen) atoms. The molecule has 3 rings (SSSR count). The molecule has 0 aliphatic carbocycles. The summed E-state index contributed by atoms with van der Waals surface area (Å²) in [5.74, 6) is 0.162. The molecule has 2 saturated heterocycles. The number of likely N-dealkylation sites (tertiary alicyclic amines) is 1. The van der Waals surface area contributed by atoms with Gasteiger partial charge in [-0.15, -0.1) is 11.8 Å². The van der Waals surface area contributed by atoms with E-state index in [2.05, 4.69) is 16.8 Å². The Bertz CT molecular complexity index is 713. The third-order valence-electron chi connectivity index (χ3n) is 5.17. The molecule has 2 aliphatic heterocycles. The molecule has 0 aromatic heterocycles. The Kier molecular flexibility index (Phi) is 6.28. The van der Waals surface area contributed by atoms with Gasteiger partial charge in [-0.3, -0.25) is 14.5 Å². The Morgan fingerprint density at radius 2 is 1.96 bits per heavy atom. The van der Waals surface area contributed by atoms with E-state index in [4.69, 9.17) is 0 Å². The zero-order valence-corrected chi connectivity index (χ0v) is 16.4. The van der Waals surface area contributed by atoms with Crippen molar-refractivity contribution in [3.8, 4) is 5.75 Å². The van der Waals surface area contributed by atoms with Gasteiger partial charge < -0.3 is 20.2 Å². The lowest BCUT2D eigenvalue weighted by Gasteiger charge is -2.47. The molecule has 2 amide bonds. The van der Waals surface area contributed by atoms with Crippen molar-refractivity contribution in [2.24, 2.45) is 0 Å². The molecule has 0 bridgehead atoms. The maximum atomic E-state index is 12.5. The number of carbonyl (C=O) groups is 2. The van der Waals surface area contributed by atoms with Crippen molar-refractivity contribution in [2.75, 3.05) is 57.4 Å². The van der Waals surface area contributed by atoms with Crippen LogP contribution in [0.4, 0.5) is 5.69 Å². The lowest BCUT2D eigenvalue weighted by atomic mass is 10.1. The Morgan fingerprint density at radius 3 is 2.59 bits per heavy atom. The van der Waals surface area contributed by atoms with Crippen LogP contribution in [0.2, 0.25) is 0 Å². The second-order valence-corrected chi connectivity index (χ2v) is 7.63. The smallest absolute Gasteiger partial charge is 0.246 e. The molecule has 0 unspecified atom stereocenters. The molecule has 2 fully saturated rings. The number of anilines is 1. The number of thioether (sulfide) groups is 1. The van der Waals surface area contributed by atoms with Gasteiger partial charge in [0.2, 0.25) is 11.8 Å². The van der Waals surface area contributed by atoms with Crippen LogP contribution in [0.25, 0.3) is 0 Å². The van der Waals surface area contributed by atoms with E-state index >= 15 is 0 Å². The number of hydrogen-bond acceptors (Lipinski definition) is 6. The van der Waals surface area contributed by atoms with Crippen molar-refractivity contribution < 1.29 is 14.7 Å². The predicted molar refractivity (Wildman–Crippen MR) is 107 cm³/mol. The summed E-state index contributed by atoms with van der Waals surface area (Å²) in [6, 6.07) is 5.71. The Labute approximate surface area is 164 Å². The predicted octanol–water partition coefficient (Wildman–Crippen LogP) is 1.07. The summed E-state index contributed by atoms with van der Waals surface area (Å²) in [7, 11) is 0. The Hall–Kier alpha value is -2.19. The molecule has 146 valence electrons. The molecule has 0 radical (unpaired) electrons. The van der Waals surface area contributed by atoms with Gasteiger partial charge in [0.05, 0.1) is 12.2 Å². The fourth-order valence-corrected chi connectivity index (χ4v) is 3.84. The average molecular weight is 391 g/mol. The molecule has 1 aromatic carbocycles. The average Bonchev–Trinajstić information content (AvgIpc) is 2.66. The second-order valence-electron chi connectivity index (χ2n) is 6.75. The third-order valence-corrected chi connectivity index (χ3v) is 5.89. The standard InChI is InChI=1S/C19H26N4O3S/c1-3-18(25)23-12-14(13-23)21-6-8-22(9-7-21)19(26)11-20-16-10-15(27-2)4-5-17(16)24/h3-5,10,14,20,24H,1,6-9,11-13H2,2H3. The van der Waals surface area contributed by atoms with Gasteiger partial charge in [-0.05, 0) is 30.5 Å². The fraction of sp³-hybridized carbons (Fsp3) is 0.474. The van der Waals surface area contributed by atoms with Crippen LogP contribution in [-0.4, -0.2) is 89.7 Å². The van der Waals surface area contributed by atoms with Crippen molar-refractivity contribution in [1.29, 1.82) is 0 Å². The van der Waals surface area contributed by atoms with Crippen molar-refractivity contribution in [3.05, 3.63) is 30.9 Å². The van der Waals surface area contributed by atoms with Gasteiger partial charge in [0, 0.05) is 50.2 Å². The minimum absolute atomic E-state index is 0.0140. The largest absolute Gasteiger partial charge is 0.506 e. The van der Waals surface area contributed by atoms with E-state index in [0.717, 1.165) is 31.1 Å². The summed E-state index contributed by atoms with van der Waals surface area (Å²) in [4.78, 5) is 31.0. The van der Waals surface area contributed by atoms with Crippen LogP contribution in [0.1, 0.15) is 0 Å². The highest BCUT2D eigenvalue weighted by Gasteiger charge is 2.35. The molecular formula is C19H26N4O3S. The summed E-state index contributed by atoms with van der Waals surface area (Å²) >= 11 is 1.59. The van der Waals surface area contributed by atoms with Crippen LogP contribution in [0, 0.1) is 0 Å². The van der Waals surface area contributed by atoms with E-state index < -0.39 is 0 Å². The van der Waals surface area contributed by atoms with Crippen LogP contribution in [0.3, 0.4) is 0 Å². The van der Waals surface area contributed by atoms with Gasteiger partial charge in [0.25, 0.3) is 0 Å². The topological polar surface area (TPSA) is 76.1 Å². The molecule has 0 saturated carbocycles. The minimum atomic E-state index is -0.0140. The number of rotatable bonds is 6. The summed E-state index contributed by atoms with van der Waals surface area (Å²) in [6.45, 7) is 8.17. The minimum Gasteiger partial charge on any atom is -0.506 e. The first-order valence-electron chi connectivity index (χ1n) is 9.06. The summed E-state index contributed by atoms with van der Waals surface area (Å²) < 4.78 is 0. The monoisotopic (exact) mass is 390 g/mol. The van der Waals surface area contributed by atoms with Gasteiger partial charge in [-0.25, -0.2) is 0 Å². The van der Waals surface area contributed by atoms with E-state index in [9.17, 15) is 14.7 Å². The molecule has 2 aliphatic rings. The number of benzene rings is 1. The molecule has 0 atom stereocenters. The van der Waals surface area contributed by atoms with Gasteiger partial charge in [0.1, 0.15) is 5.75 Å². The lowest BCUT2D eigenvalue weighted by molar-refractivity contribution is -0.135. The molecular weight excluding hydrogens is 364 g/mol. The summed E-state index contributed by atoms with van der Waals surface area (Å²) in [6.07, 6.45) is 3.32. The van der Waals surface area contributed by atoms with Crippen molar-refractivity contribution in [3.63, 3.8) is 0 Å². The van der Waals surface area contributed by atoms with Crippen LogP contribution in [0.5, 0.6) is 5.75 Å². The maximum absolute atomic E-state index is 12.5. The number of piperazine rings is 1. The normalized spacial score (nSPS) is 18.1. The molecule has 2 heterocycles.